The van der Waals surface area contributed by atoms with Crippen molar-refractivity contribution in [2.24, 2.45) is 5.14 Å². The van der Waals surface area contributed by atoms with Gasteiger partial charge in [0.2, 0.25) is 10.0 Å². The normalized spacial score (nSPS) is 11.0. The molecular formula is C16H20Cl2N2O3S. The number of sulfonamides is 1. The Balaban J connectivity index is 0.00000288. The second-order valence-corrected chi connectivity index (χ2v) is 7.07. The van der Waals surface area contributed by atoms with Gasteiger partial charge in [0.05, 0.1) is 12.0 Å². The number of methoxy groups -OCH3 is 1. The van der Waals surface area contributed by atoms with Crippen LogP contribution in [0.5, 0.6) is 5.75 Å². The number of primary sulfonamides is 1. The van der Waals surface area contributed by atoms with E-state index in [2.05, 4.69) is 5.32 Å². The van der Waals surface area contributed by atoms with Crippen LogP contribution in [-0.2, 0) is 23.0 Å². The van der Waals surface area contributed by atoms with Crippen molar-refractivity contribution in [2.75, 3.05) is 13.7 Å². The van der Waals surface area contributed by atoms with Crippen molar-refractivity contribution in [2.45, 2.75) is 17.9 Å². The molecule has 8 heteroatoms. The fraction of sp³-hybridized carbons (Fsp3) is 0.250. The van der Waals surface area contributed by atoms with Gasteiger partial charge < -0.3 is 10.1 Å². The van der Waals surface area contributed by atoms with Crippen LogP contribution in [0.3, 0.4) is 0 Å². The number of benzene rings is 2. The molecule has 2 rings (SSSR count). The quantitative estimate of drug-likeness (QED) is 0.712. The van der Waals surface area contributed by atoms with Crippen LogP contribution in [0.25, 0.3) is 0 Å². The predicted molar refractivity (Wildman–Crippen MR) is 98.5 cm³/mol. The molecular weight excluding hydrogens is 371 g/mol. The number of nitrogens with one attached hydrogen (secondary N) is 1. The minimum Gasteiger partial charge on any atom is -0.496 e. The Bertz CT molecular complexity index is 765. The summed E-state index contributed by atoms with van der Waals surface area (Å²) in [7, 11) is -2.01. The lowest BCUT2D eigenvalue weighted by Gasteiger charge is -2.10. The molecule has 0 unspecified atom stereocenters. The largest absolute Gasteiger partial charge is 0.496 e. The lowest BCUT2D eigenvalue weighted by atomic mass is 10.1. The van der Waals surface area contributed by atoms with Gasteiger partial charge in [-0.1, -0.05) is 23.7 Å². The zero-order valence-electron chi connectivity index (χ0n) is 13.2. The van der Waals surface area contributed by atoms with Gasteiger partial charge in [-0.2, -0.15) is 0 Å². The van der Waals surface area contributed by atoms with Gasteiger partial charge in [0.15, 0.2) is 0 Å². The van der Waals surface area contributed by atoms with Crippen molar-refractivity contribution in [1.29, 1.82) is 0 Å². The molecule has 0 aliphatic rings. The molecule has 24 heavy (non-hydrogen) atoms. The third-order valence-electron chi connectivity index (χ3n) is 3.40. The molecule has 0 aliphatic heterocycles. The first-order chi connectivity index (χ1) is 10.9. The summed E-state index contributed by atoms with van der Waals surface area (Å²) in [6, 6.07) is 12.1. The van der Waals surface area contributed by atoms with E-state index in [9.17, 15) is 8.42 Å². The second kappa shape index (κ2) is 9.25. The molecule has 0 bridgehead atoms. The van der Waals surface area contributed by atoms with Crippen molar-refractivity contribution >= 4 is 34.0 Å². The van der Waals surface area contributed by atoms with Crippen molar-refractivity contribution < 1.29 is 13.2 Å². The van der Waals surface area contributed by atoms with Crippen molar-refractivity contribution in [3.63, 3.8) is 0 Å². The first-order valence-electron chi connectivity index (χ1n) is 7.05. The summed E-state index contributed by atoms with van der Waals surface area (Å²) in [5, 5.41) is 9.05. The monoisotopic (exact) mass is 390 g/mol. The van der Waals surface area contributed by atoms with E-state index in [0.29, 0.717) is 11.6 Å². The van der Waals surface area contributed by atoms with Gasteiger partial charge in [-0.15, -0.1) is 12.4 Å². The summed E-state index contributed by atoms with van der Waals surface area (Å²) in [5.74, 6) is 0.791. The number of hydrogen-bond donors (Lipinski definition) is 2. The van der Waals surface area contributed by atoms with Gasteiger partial charge in [-0.05, 0) is 48.9 Å². The van der Waals surface area contributed by atoms with Crippen molar-refractivity contribution in [3.05, 3.63) is 58.6 Å². The van der Waals surface area contributed by atoms with E-state index in [4.69, 9.17) is 21.5 Å². The van der Waals surface area contributed by atoms with Crippen LogP contribution in [0, 0.1) is 0 Å². The standard InChI is InChI=1S/C16H19ClN2O3S.ClH/c1-22-16-7-4-14(17)10-13(16)11-19-9-8-12-2-5-15(6-3-12)23(18,20)21;/h2-7,10,19H,8-9,11H2,1H3,(H2,18,20,21);1H. The average Bonchev–Trinajstić information content (AvgIpc) is 2.51. The summed E-state index contributed by atoms with van der Waals surface area (Å²) < 4.78 is 27.7. The molecule has 0 amide bonds. The van der Waals surface area contributed by atoms with Gasteiger partial charge in [0.25, 0.3) is 0 Å². The highest BCUT2D eigenvalue weighted by atomic mass is 35.5. The van der Waals surface area contributed by atoms with E-state index in [1.165, 1.54) is 12.1 Å². The Hall–Kier alpha value is -1.31. The topological polar surface area (TPSA) is 81.4 Å². The maximum absolute atomic E-state index is 11.2. The van der Waals surface area contributed by atoms with E-state index < -0.39 is 10.0 Å². The Labute approximate surface area is 153 Å². The first-order valence-corrected chi connectivity index (χ1v) is 8.97. The van der Waals surface area contributed by atoms with Crippen LogP contribution in [0.2, 0.25) is 5.02 Å². The third kappa shape index (κ3) is 5.96. The molecule has 0 saturated carbocycles. The fourth-order valence-corrected chi connectivity index (χ4v) is 2.90. The Morgan fingerprint density at radius 2 is 1.83 bits per heavy atom. The lowest BCUT2D eigenvalue weighted by Crippen LogP contribution is -2.17. The minimum absolute atomic E-state index is 0. The molecule has 0 heterocycles. The van der Waals surface area contributed by atoms with Gasteiger partial charge in [-0.25, -0.2) is 13.6 Å². The highest BCUT2D eigenvalue weighted by molar-refractivity contribution is 7.89. The van der Waals surface area contributed by atoms with Crippen LogP contribution >= 0.6 is 24.0 Å². The molecule has 0 atom stereocenters. The number of halogens is 2. The number of rotatable bonds is 7. The maximum Gasteiger partial charge on any atom is 0.238 e. The molecule has 0 aromatic heterocycles. The summed E-state index contributed by atoms with van der Waals surface area (Å²) in [6.07, 6.45) is 0.772. The summed E-state index contributed by atoms with van der Waals surface area (Å²) in [5.41, 5.74) is 2.02. The predicted octanol–water partition coefficient (Wildman–Crippen LogP) is 2.75. The Morgan fingerprint density at radius 1 is 1.17 bits per heavy atom. The molecule has 0 fully saturated rings. The molecule has 0 aliphatic carbocycles. The Kier molecular flexibility index (Phi) is 7.99. The molecule has 0 radical (unpaired) electrons. The van der Waals surface area contributed by atoms with Crippen LogP contribution in [0.1, 0.15) is 11.1 Å². The second-order valence-electron chi connectivity index (χ2n) is 5.07. The van der Waals surface area contributed by atoms with Gasteiger partial charge >= 0.3 is 0 Å². The highest BCUT2D eigenvalue weighted by Crippen LogP contribution is 2.22. The number of ether oxygens (including phenoxy) is 1. The lowest BCUT2D eigenvalue weighted by molar-refractivity contribution is 0.408. The van der Waals surface area contributed by atoms with E-state index in [0.717, 1.165) is 29.8 Å². The first kappa shape index (κ1) is 20.7. The van der Waals surface area contributed by atoms with Crippen LogP contribution in [-0.4, -0.2) is 22.1 Å². The zero-order chi connectivity index (χ0) is 16.9. The smallest absolute Gasteiger partial charge is 0.238 e. The number of hydrogen-bond acceptors (Lipinski definition) is 4. The van der Waals surface area contributed by atoms with Crippen molar-refractivity contribution in [3.8, 4) is 5.75 Å². The Morgan fingerprint density at radius 3 is 2.42 bits per heavy atom. The zero-order valence-corrected chi connectivity index (χ0v) is 15.5. The molecule has 2 aromatic rings. The van der Waals surface area contributed by atoms with Crippen molar-refractivity contribution in [1.82, 2.24) is 5.32 Å². The van der Waals surface area contributed by atoms with Gasteiger partial charge in [-0.3, -0.25) is 0 Å². The van der Waals surface area contributed by atoms with Gasteiger partial charge in [0.1, 0.15) is 5.75 Å². The van der Waals surface area contributed by atoms with Crippen LogP contribution in [0.4, 0.5) is 0 Å². The number of nitrogens with two attached hydrogens (primary N) is 1. The SMILES string of the molecule is COc1ccc(Cl)cc1CNCCc1ccc(S(N)(=O)=O)cc1.Cl. The molecule has 5 nitrogen and oxygen atoms in total. The van der Waals surface area contributed by atoms with E-state index in [1.807, 2.05) is 12.1 Å². The van der Waals surface area contributed by atoms with E-state index in [1.54, 1.807) is 25.3 Å². The average molecular weight is 391 g/mol. The van der Waals surface area contributed by atoms with E-state index in [-0.39, 0.29) is 17.3 Å². The molecule has 2 aromatic carbocycles. The summed E-state index contributed by atoms with van der Waals surface area (Å²) >= 11 is 5.99. The summed E-state index contributed by atoms with van der Waals surface area (Å²) in [4.78, 5) is 0.123. The van der Waals surface area contributed by atoms with E-state index >= 15 is 0 Å². The molecule has 3 N–H and O–H groups in total. The molecule has 132 valence electrons. The highest BCUT2D eigenvalue weighted by Gasteiger charge is 2.07. The maximum atomic E-state index is 11.2. The van der Waals surface area contributed by atoms with Crippen LogP contribution in [0.15, 0.2) is 47.4 Å². The fourth-order valence-electron chi connectivity index (χ4n) is 2.19. The molecule has 0 spiro atoms. The molecule has 0 saturated heterocycles. The van der Waals surface area contributed by atoms with Crippen LogP contribution < -0.4 is 15.2 Å². The summed E-state index contributed by atoms with van der Waals surface area (Å²) in [6.45, 7) is 1.38. The third-order valence-corrected chi connectivity index (χ3v) is 4.56. The minimum atomic E-state index is -3.63. The van der Waals surface area contributed by atoms with Gasteiger partial charge in [0, 0.05) is 17.1 Å².